The Bertz CT molecular complexity index is 495. The maximum absolute atomic E-state index is 12.7. The fourth-order valence-electron chi connectivity index (χ4n) is 1.26. The van der Waals surface area contributed by atoms with Crippen LogP contribution in [0.5, 0.6) is 0 Å². The summed E-state index contributed by atoms with van der Waals surface area (Å²) in [5.41, 5.74) is 12.1. The molecule has 4 nitrogen and oxygen atoms in total. The van der Waals surface area contributed by atoms with E-state index in [-0.39, 0.29) is 5.82 Å². The van der Waals surface area contributed by atoms with E-state index in [4.69, 9.17) is 11.5 Å². The lowest BCUT2D eigenvalue weighted by Gasteiger charge is -2.02. The van der Waals surface area contributed by atoms with Crippen molar-refractivity contribution in [2.45, 2.75) is 10.9 Å². The summed E-state index contributed by atoms with van der Waals surface area (Å²) in [6, 6.07) is 7.78. The topological polar surface area (TPSA) is 77.8 Å². The van der Waals surface area contributed by atoms with Gasteiger partial charge in [-0.25, -0.2) is 14.4 Å². The summed E-state index contributed by atoms with van der Waals surface area (Å²) in [4.78, 5) is 8.08. The van der Waals surface area contributed by atoms with Crippen LogP contribution in [0.4, 0.5) is 16.0 Å². The number of halogens is 1. The summed E-state index contributed by atoms with van der Waals surface area (Å²) in [6.45, 7) is 0. The van der Waals surface area contributed by atoms with Gasteiger partial charge in [0.2, 0.25) is 0 Å². The van der Waals surface area contributed by atoms with Gasteiger partial charge in [0, 0.05) is 11.8 Å². The standard InChI is InChI=1S/C11H11FN4S/c12-8-3-1-7(2-4-8)6-17-11-15-9(13)5-10(14)16-11/h1-5H,6H2,(H4,13,14,15,16). The Balaban J connectivity index is 2.04. The lowest BCUT2D eigenvalue weighted by Crippen LogP contribution is -1.99. The molecule has 1 heterocycles. The van der Waals surface area contributed by atoms with Gasteiger partial charge in [0.1, 0.15) is 17.5 Å². The number of hydrogen-bond acceptors (Lipinski definition) is 5. The van der Waals surface area contributed by atoms with Crippen LogP contribution in [0.25, 0.3) is 0 Å². The predicted octanol–water partition coefficient (Wildman–Crippen LogP) is 2.07. The van der Waals surface area contributed by atoms with Crippen molar-refractivity contribution in [3.8, 4) is 0 Å². The number of aromatic nitrogens is 2. The van der Waals surface area contributed by atoms with Gasteiger partial charge in [-0.05, 0) is 17.7 Å². The van der Waals surface area contributed by atoms with Crippen molar-refractivity contribution < 1.29 is 4.39 Å². The zero-order valence-corrected chi connectivity index (χ0v) is 9.75. The van der Waals surface area contributed by atoms with E-state index in [1.165, 1.54) is 30.0 Å². The molecule has 0 saturated carbocycles. The first kappa shape index (κ1) is 11.7. The molecule has 2 aromatic rings. The molecule has 0 fully saturated rings. The molecule has 6 heteroatoms. The Hall–Kier alpha value is -1.82. The first-order valence-electron chi connectivity index (χ1n) is 4.91. The van der Waals surface area contributed by atoms with Crippen LogP contribution in [-0.2, 0) is 5.75 Å². The third-order valence-electron chi connectivity index (χ3n) is 2.03. The molecule has 0 bridgehead atoms. The zero-order chi connectivity index (χ0) is 12.3. The molecule has 1 aromatic heterocycles. The highest BCUT2D eigenvalue weighted by Crippen LogP contribution is 2.21. The van der Waals surface area contributed by atoms with Crippen molar-refractivity contribution in [2.75, 3.05) is 11.5 Å². The highest BCUT2D eigenvalue weighted by atomic mass is 32.2. The van der Waals surface area contributed by atoms with Crippen LogP contribution >= 0.6 is 11.8 Å². The third-order valence-corrected chi connectivity index (χ3v) is 2.94. The second-order valence-electron chi connectivity index (χ2n) is 3.42. The molecular formula is C11H11FN4S. The maximum atomic E-state index is 12.7. The van der Waals surface area contributed by atoms with Crippen molar-refractivity contribution in [1.82, 2.24) is 9.97 Å². The Morgan fingerprint density at radius 1 is 1.06 bits per heavy atom. The molecule has 0 unspecified atom stereocenters. The van der Waals surface area contributed by atoms with Crippen molar-refractivity contribution in [2.24, 2.45) is 0 Å². The van der Waals surface area contributed by atoms with Gasteiger partial charge in [-0.15, -0.1) is 0 Å². The first-order chi connectivity index (χ1) is 8.13. The van der Waals surface area contributed by atoms with E-state index in [0.717, 1.165) is 5.56 Å². The van der Waals surface area contributed by atoms with Crippen molar-refractivity contribution in [1.29, 1.82) is 0 Å². The van der Waals surface area contributed by atoms with Crippen LogP contribution in [0.3, 0.4) is 0 Å². The molecule has 0 aliphatic heterocycles. The molecule has 0 spiro atoms. The maximum Gasteiger partial charge on any atom is 0.191 e. The summed E-state index contributed by atoms with van der Waals surface area (Å²) >= 11 is 1.40. The average molecular weight is 250 g/mol. The summed E-state index contributed by atoms with van der Waals surface area (Å²) in [5, 5.41) is 0.520. The van der Waals surface area contributed by atoms with E-state index >= 15 is 0 Å². The van der Waals surface area contributed by atoms with Crippen LogP contribution in [0.2, 0.25) is 0 Å². The van der Waals surface area contributed by atoms with Gasteiger partial charge in [0.25, 0.3) is 0 Å². The molecule has 0 radical (unpaired) electrons. The van der Waals surface area contributed by atoms with Gasteiger partial charge in [0.15, 0.2) is 5.16 Å². The molecule has 4 N–H and O–H groups in total. The smallest absolute Gasteiger partial charge is 0.191 e. The minimum Gasteiger partial charge on any atom is -0.383 e. The predicted molar refractivity (Wildman–Crippen MR) is 66.8 cm³/mol. The normalized spacial score (nSPS) is 10.4. The third kappa shape index (κ3) is 3.32. The number of anilines is 2. The van der Waals surface area contributed by atoms with Crippen LogP contribution in [0.1, 0.15) is 5.56 Å². The minimum absolute atomic E-state index is 0.247. The lowest BCUT2D eigenvalue weighted by atomic mass is 10.2. The zero-order valence-electron chi connectivity index (χ0n) is 8.93. The number of nitrogen functional groups attached to an aromatic ring is 2. The SMILES string of the molecule is Nc1cc(N)nc(SCc2ccc(F)cc2)n1. The first-order valence-corrected chi connectivity index (χ1v) is 5.89. The molecule has 88 valence electrons. The molecule has 0 atom stereocenters. The monoisotopic (exact) mass is 250 g/mol. The Labute approximate surface area is 102 Å². The van der Waals surface area contributed by atoms with Gasteiger partial charge in [-0.1, -0.05) is 23.9 Å². The number of rotatable bonds is 3. The molecule has 0 aliphatic carbocycles. The van der Waals surface area contributed by atoms with Gasteiger partial charge in [-0.3, -0.25) is 0 Å². The number of nitrogens with zero attached hydrogens (tertiary/aromatic N) is 2. The molecule has 17 heavy (non-hydrogen) atoms. The van der Waals surface area contributed by atoms with Crippen LogP contribution in [0, 0.1) is 5.82 Å². The van der Waals surface area contributed by atoms with E-state index in [1.54, 1.807) is 12.1 Å². The molecular weight excluding hydrogens is 239 g/mol. The Kier molecular flexibility index (Phi) is 3.43. The molecule has 0 amide bonds. The number of thioether (sulfide) groups is 1. The number of hydrogen-bond donors (Lipinski definition) is 2. The van der Waals surface area contributed by atoms with Crippen molar-refractivity contribution in [3.05, 3.63) is 41.7 Å². The number of nitrogens with two attached hydrogens (primary N) is 2. The second kappa shape index (κ2) is 5.01. The fourth-order valence-corrected chi connectivity index (χ4v) is 2.08. The van der Waals surface area contributed by atoms with Crippen LogP contribution in [0.15, 0.2) is 35.5 Å². The fraction of sp³-hybridized carbons (Fsp3) is 0.0909. The van der Waals surface area contributed by atoms with Gasteiger partial charge >= 0.3 is 0 Å². The highest BCUT2D eigenvalue weighted by Gasteiger charge is 2.02. The largest absolute Gasteiger partial charge is 0.383 e. The minimum atomic E-state index is -0.247. The second-order valence-corrected chi connectivity index (χ2v) is 4.36. The van der Waals surface area contributed by atoms with Gasteiger partial charge in [-0.2, -0.15) is 0 Å². The van der Waals surface area contributed by atoms with Crippen molar-refractivity contribution >= 4 is 23.4 Å². The Morgan fingerprint density at radius 2 is 1.65 bits per heavy atom. The van der Waals surface area contributed by atoms with Gasteiger partial charge in [0.05, 0.1) is 0 Å². The van der Waals surface area contributed by atoms with Crippen molar-refractivity contribution in [3.63, 3.8) is 0 Å². The summed E-state index contributed by atoms with van der Waals surface area (Å²) in [5.74, 6) is 1.09. The molecule has 0 aliphatic rings. The van der Waals surface area contributed by atoms with E-state index in [9.17, 15) is 4.39 Å². The molecule has 0 saturated heterocycles. The summed E-state index contributed by atoms with van der Waals surface area (Å²) in [6.07, 6.45) is 0. The molecule has 1 aromatic carbocycles. The van der Waals surface area contributed by atoms with E-state index < -0.39 is 0 Å². The summed E-state index contributed by atoms with van der Waals surface area (Å²) < 4.78 is 12.7. The number of benzene rings is 1. The highest BCUT2D eigenvalue weighted by molar-refractivity contribution is 7.98. The van der Waals surface area contributed by atoms with Crippen LogP contribution < -0.4 is 11.5 Å². The quantitative estimate of drug-likeness (QED) is 0.644. The average Bonchev–Trinajstić information content (AvgIpc) is 2.27. The van der Waals surface area contributed by atoms with E-state index in [1.807, 2.05) is 0 Å². The Morgan fingerprint density at radius 3 is 2.24 bits per heavy atom. The lowest BCUT2D eigenvalue weighted by molar-refractivity contribution is 0.627. The molecule has 2 rings (SSSR count). The van der Waals surface area contributed by atoms with Crippen LogP contribution in [-0.4, -0.2) is 9.97 Å². The van der Waals surface area contributed by atoms with E-state index in [2.05, 4.69) is 9.97 Å². The van der Waals surface area contributed by atoms with Gasteiger partial charge < -0.3 is 11.5 Å². The van der Waals surface area contributed by atoms with E-state index in [0.29, 0.717) is 22.5 Å². The summed E-state index contributed by atoms with van der Waals surface area (Å²) in [7, 11) is 0.